The molecule has 1 saturated heterocycles. The third-order valence-corrected chi connectivity index (χ3v) is 5.72. The van der Waals surface area contributed by atoms with Crippen molar-refractivity contribution < 1.29 is 4.79 Å². The summed E-state index contributed by atoms with van der Waals surface area (Å²) >= 11 is 12.3. The normalized spacial score (nSPS) is 15.4. The lowest BCUT2D eigenvalue weighted by Gasteiger charge is -2.32. The molecule has 1 fully saturated rings. The maximum Gasteiger partial charge on any atom is 0.318 e. The monoisotopic (exact) mass is 419 g/mol. The molecule has 0 radical (unpaired) electrons. The molecule has 0 aliphatic carbocycles. The van der Waals surface area contributed by atoms with E-state index in [1.165, 1.54) is 11.1 Å². The Morgan fingerprint density at radius 2 is 1.79 bits per heavy atom. The minimum absolute atomic E-state index is 0.191. The van der Waals surface area contributed by atoms with Crippen molar-refractivity contribution in [2.24, 2.45) is 5.92 Å². The fourth-order valence-electron chi connectivity index (χ4n) is 3.81. The zero-order chi connectivity index (χ0) is 20.1. The predicted molar refractivity (Wildman–Crippen MR) is 117 cm³/mol. The van der Waals surface area contributed by atoms with Crippen LogP contribution < -0.4 is 10.6 Å². The van der Waals surface area contributed by atoms with Gasteiger partial charge in [0, 0.05) is 29.3 Å². The molecule has 150 valence electrons. The summed E-state index contributed by atoms with van der Waals surface area (Å²) in [6, 6.07) is 11.8. The number of benzene rings is 2. The van der Waals surface area contributed by atoms with Gasteiger partial charge in [0.2, 0.25) is 0 Å². The number of aryl methyl sites for hydroxylation is 1. The summed E-state index contributed by atoms with van der Waals surface area (Å²) in [5.74, 6) is 0.645. The van der Waals surface area contributed by atoms with Gasteiger partial charge in [-0.15, -0.1) is 0 Å². The van der Waals surface area contributed by atoms with E-state index in [0.29, 0.717) is 16.0 Å². The number of hydrogen-bond donors (Lipinski definition) is 2. The SMILES string of the molecule is CNC(=O)Nc1ccc(C)cc1CN1CCC(Cc2cc(Cl)cc(Cl)c2)CC1. The van der Waals surface area contributed by atoms with E-state index in [-0.39, 0.29) is 6.03 Å². The van der Waals surface area contributed by atoms with E-state index in [2.05, 4.69) is 28.5 Å². The summed E-state index contributed by atoms with van der Waals surface area (Å²) in [6.07, 6.45) is 3.31. The molecule has 2 aromatic carbocycles. The van der Waals surface area contributed by atoms with Crippen molar-refractivity contribution in [1.82, 2.24) is 10.2 Å². The first-order valence-corrected chi connectivity index (χ1v) is 10.4. The van der Waals surface area contributed by atoms with Gasteiger partial charge in [-0.1, -0.05) is 40.9 Å². The lowest BCUT2D eigenvalue weighted by atomic mass is 9.90. The smallest absolute Gasteiger partial charge is 0.318 e. The summed E-state index contributed by atoms with van der Waals surface area (Å²) in [5, 5.41) is 6.95. The Labute approximate surface area is 177 Å². The van der Waals surface area contributed by atoms with Gasteiger partial charge in [-0.25, -0.2) is 4.79 Å². The number of hydrogen-bond acceptors (Lipinski definition) is 2. The zero-order valence-electron chi connectivity index (χ0n) is 16.4. The quantitative estimate of drug-likeness (QED) is 0.670. The number of likely N-dealkylation sites (tertiary alicyclic amines) is 1. The number of piperidine rings is 1. The molecule has 28 heavy (non-hydrogen) atoms. The van der Waals surface area contributed by atoms with Gasteiger partial charge < -0.3 is 10.6 Å². The van der Waals surface area contributed by atoms with E-state index < -0.39 is 0 Å². The summed E-state index contributed by atoms with van der Waals surface area (Å²) < 4.78 is 0. The Bertz CT molecular complexity index is 812. The number of halogens is 2. The second kappa shape index (κ2) is 9.64. The number of nitrogens with one attached hydrogen (secondary N) is 2. The highest BCUT2D eigenvalue weighted by Gasteiger charge is 2.21. The van der Waals surface area contributed by atoms with Gasteiger partial charge in [0.15, 0.2) is 0 Å². The molecule has 0 unspecified atom stereocenters. The highest BCUT2D eigenvalue weighted by Crippen LogP contribution is 2.27. The van der Waals surface area contributed by atoms with E-state index in [1.54, 1.807) is 13.1 Å². The minimum Gasteiger partial charge on any atom is -0.341 e. The fraction of sp³-hybridized carbons (Fsp3) is 0.409. The predicted octanol–water partition coefficient (Wildman–Crippen LogP) is 5.51. The van der Waals surface area contributed by atoms with Crippen molar-refractivity contribution in [3.05, 3.63) is 63.1 Å². The second-order valence-corrected chi connectivity index (χ2v) is 8.44. The average Bonchev–Trinajstić information content (AvgIpc) is 2.64. The molecule has 6 heteroatoms. The van der Waals surface area contributed by atoms with Crippen molar-refractivity contribution in [3.8, 4) is 0 Å². The van der Waals surface area contributed by atoms with Crippen molar-refractivity contribution in [1.29, 1.82) is 0 Å². The van der Waals surface area contributed by atoms with Gasteiger partial charge in [-0.3, -0.25) is 4.90 Å². The third kappa shape index (κ3) is 5.87. The molecule has 0 atom stereocenters. The van der Waals surface area contributed by atoms with E-state index in [9.17, 15) is 4.79 Å². The minimum atomic E-state index is -0.191. The zero-order valence-corrected chi connectivity index (χ0v) is 17.9. The molecule has 4 nitrogen and oxygen atoms in total. The molecular weight excluding hydrogens is 393 g/mol. The van der Waals surface area contributed by atoms with E-state index in [1.807, 2.05) is 24.3 Å². The van der Waals surface area contributed by atoms with E-state index in [0.717, 1.165) is 50.1 Å². The van der Waals surface area contributed by atoms with Gasteiger partial charge >= 0.3 is 6.03 Å². The van der Waals surface area contributed by atoms with Crippen LogP contribution in [0.3, 0.4) is 0 Å². The molecular formula is C22H27Cl2N3O. The molecule has 3 rings (SSSR count). The fourth-order valence-corrected chi connectivity index (χ4v) is 4.38. The molecule has 0 spiro atoms. The van der Waals surface area contributed by atoms with Gasteiger partial charge in [0.1, 0.15) is 0 Å². The number of urea groups is 1. The molecule has 2 N–H and O–H groups in total. The highest BCUT2D eigenvalue weighted by molar-refractivity contribution is 6.34. The lowest BCUT2D eigenvalue weighted by Crippen LogP contribution is -2.34. The summed E-state index contributed by atoms with van der Waals surface area (Å²) in [7, 11) is 1.63. The maximum absolute atomic E-state index is 11.7. The summed E-state index contributed by atoms with van der Waals surface area (Å²) in [5.41, 5.74) is 4.45. The van der Waals surface area contributed by atoms with Crippen LogP contribution in [0, 0.1) is 12.8 Å². The van der Waals surface area contributed by atoms with Crippen LogP contribution in [0.25, 0.3) is 0 Å². The van der Waals surface area contributed by atoms with E-state index >= 15 is 0 Å². The van der Waals surface area contributed by atoms with Crippen LogP contribution in [0.4, 0.5) is 10.5 Å². The van der Waals surface area contributed by atoms with Crippen LogP contribution in [0.15, 0.2) is 36.4 Å². The van der Waals surface area contributed by atoms with Gasteiger partial charge in [0.25, 0.3) is 0 Å². The van der Waals surface area contributed by atoms with Crippen LogP contribution >= 0.6 is 23.2 Å². The second-order valence-electron chi connectivity index (χ2n) is 7.57. The van der Waals surface area contributed by atoms with Crippen LogP contribution in [0.5, 0.6) is 0 Å². The van der Waals surface area contributed by atoms with Crippen LogP contribution in [-0.2, 0) is 13.0 Å². The molecule has 1 aliphatic rings. The van der Waals surface area contributed by atoms with Gasteiger partial charge in [-0.2, -0.15) is 0 Å². The van der Waals surface area contributed by atoms with Crippen molar-refractivity contribution >= 4 is 34.9 Å². The Kier molecular flexibility index (Phi) is 7.22. The molecule has 0 bridgehead atoms. The van der Waals surface area contributed by atoms with Gasteiger partial charge in [0.05, 0.1) is 0 Å². The van der Waals surface area contributed by atoms with Crippen LogP contribution in [-0.4, -0.2) is 31.1 Å². The topological polar surface area (TPSA) is 44.4 Å². The van der Waals surface area contributed by atoms with Crippen molar-refractivity contribution in [2.45, 2.75) is 32.7 Å². The van der Waals surface area contributed by atoms with Crippen molar-refractivity contribution in [3.63, 3.8) is 0 Å². The Balaban J connectivity index is 1.58. The number of amides is 2. The lowest BCUT2D eigenvalue weighted by molar-refractivity contribution is 0.177. The first-order valence-electron chi connectivity index (χ1n) is 9.68. The standard InChI is InChI=1S/C22H27Cl2N3O/c1-15-3-4-21(26-22(28)25-2)18(9-15)14-27-7-5-16(6-8-27)10-17-11-19(23)13-20(24)12-17/h3-4,9,11-13,16H,5-8,10,14H2,1-2H3,(H2,25,26,28). The first kappa shape index (κ1) is 21.0. The third-order valence-electron chi connectivity index (χ3n) is 5.28. The maximum atomic E-state index is 11.7. The molecule has 0 saturated carbocycles. The summed E-state index contributed by atoms with van der Waals surface area (Å²) in [4.78, 5) is 14.2. The number of nitrogens with zero attached hydrogens (tertiary/aromatic N) is 1. The Hall–Kier alpha value is -1.75. The number of carbonyl (C=O) groups is 1. The molecule has 1 heterocycles. The Morgan fingerprint density at radius 1 is 1.11 bits per heavy atom. The van der Waals surface area contributed by atoms with Crippen LogP contribution in [0.2, 0.25) is 10.0 Å². The van der Waals surface area contributed by atoms with Gasteiger partial charge in [-0.05, 0) is 80.6 Å². The largest absolute Gasteiger partial charge is 0.341 e. The number of anilines is 1. The number of rotatable bonds is 5. The molecule has 2 amide bonds. The average molecular weight is 420 g/mol. The highest BCUT2D eigenvalue weighted by atomic mass is 35.5. The molecule has 2 aromatic rings. The first-order chi connectivity index (χ1) is 13.4. The molecule has 0 aromatic heterocycles. The van der Waals surface area contributed by atoms with Crippen molar-refractivity contribution in [2.75, 3.05) is 25.5 Å². The Morgan fingerprint density at radius 3 is 2.43 bits per heavy atom. The van der Waals surface area contributed by atoms with E-state index in [4.69, 9.17) is 23.2 Å². The molecule has 1 aliphatic heterocycles. The number of carbonyl (C=O) groups excluding carboxylic acids is 1. The summed E-state index contributed by atoms with van der Waals surface area (Å²) in [6.45, 7) is 5.02. The van der Waals surface area contributed by atoms with Crippen LogP contribution in [0.1, 0.15) is 29.5 Å².